The zero-order valence-electron chi connectivity index (χ0n) is 25.3. The van der Waals surface area contributed by atoms with E-state index in [4.69, 9.17) is 11.0 Å². The van der Waals surface area contributed by atoms with E-state index in [1.807, 2.05) is 36.7 Å². The van der Waals surface area contributed by atoms with Crippen LogP contribution in [-0.4, -0.2) is 56.6 Å². The summed E-state index contributed by atoms with van der Waals surface area (Å²) < 4.78 is 70.9. The summed E-state index contributed by atoms with van der Waals surface area (Å²) in [6.45, 7) is -10.9. The molecule has 0 aliphatic carbocycles. The zero-order valence-corrected chi connectivity index (χ0v) is 17.3. The molecule has 0 atom stereocenters. The highest BCUT2D eigenvalue weighted by atomic mass is 16.5. The fourth-order valence-electron chi connectivity index (χ4n) is 3.39. The molecule has 8 heteroatoms. The van der Waals surface area contributed by atoms with Crippen molar-refractivity contribution in [1.29, 1.82) is 0 Å². The van der Waals surface area contributed by atoms with E-state index in [-0.39, 0.29) is 16.9 Å². The van der Waals surface area contributed by atoms with Crippen LogP contribution >= 0.6 is 0 Å². The third-order valence-electron chi connectivity index (χ3n) is 5.21. The summed E-state index contributed by atoms with van der Waals surface area (Å²) in [4.78, 5) is 21.7. The third kappa shape index (κ3) is 3.97. The number of morpholine rings is 1. The van der Waals surface area contributed by atoms with Crippen molar-refractivity contribution in [2.45, 2.75) is 13.3 Å². The van der Waals surface area contributed by atoms with Crippen molar-refractivity contribution >= 4 is 22.5 Å². The number of aryl methyl sites for hydroxylation is 1. The first-order chi connectivity index (χ1) is 18.5. The molecule has 0 unspecified atom stereocenters. The topological polar surface area (TPSA) is 86.0 Å². The van der Waals surface area contributed by atoms with E-state index in [0.29, 0.717) is 11.2 Å². The number of ether oxygens (including phenoxy) is 1. The number of pyridine rings is 1. The maximum atomic E-state index is 13.2. The Morgan fingerprint density at radius 2 is 1.97 bits per heavy atom. The molecule has 3 aromatic heterocycles. The second kappa shape index (κ2) is 8.47. The number of imidazole rings is 1. The molecule has 5 rings (SSSR count). The molecule has 0 bridgehead atoms. The average molecular weight is 437 g/mol. The smallest absolute Gasteiger partial charge is 0.169 e. The molecule has 0 amide bonds. The van der Waals surface area contributed by atoms with Gasteiger partial charge < -0.3 is 14.2 Å². The number of hydrogen-bond acceptors (Lipinski definition) is 7. The van der Waals surface area contributed by atoms with Crippen LogP contribution in [0.5, 0.6) is 0 Å². The van der Waals surface area contributed by atoms with Crippen LogP contribution < -0.4 is 4.90 Å². The molecule has 32 heavy (non-hydrogen) atoms. The maximum absolute atomic E-state index is 13.2. The lowest BCUT2D eigenvalue weighted by Gasteiger charge is -2.27. The molecule has 0 radical (unpaired) electrons. The Morgan fingerprint density at radius 1 is 1.12 bits per heavy atom. The number of Topliss-reactive ketones (excluding diaryl/α,β-unsaturated/α-hetero) is 1. The fraction of sp³-hybridized carbons (Fsp3) is 0.292. The van der Waals surface area contributed by atoms with Crippen molar-refractivity contribution in [3.8, 4) is 11.3 Å². The Balaban J connectivity index is 1.46. The van der Waals surface area contributed by atoms with Crippen LogP contribution in [0, 0.1) is 6.92 Å². The molecular weight excluding hydrogens is 404 g/mol. The minimum Gasteiger partial charge on any atom is -0.378 e. The molecule has 4 aromatic rings. The van der Waals surface area contributed by atoms with Gasteiger partial charge >= 0.3 is 0 Å². The number of nitrogens with zero attached hydrogens (tertiary/aromatic N) is 6. The molecule has 8 nitrogen and oxygen atoms in total. The fourth-order valence-corrected chi connectivity index (χ4v) is 3.39. The molecule has 162 valence electrons. The van der Waals surface area contributed by atoms with E-state index >= 15 is 0 Å². The maximum Gasteiger partial charge on any atom is 0.169 e. The first-order valence-electron chi connectivity index (χ1n) is 13.8. The van der Waals surface area contributed by atoms with Crippen molar-refractivity contribution in [1.82, 2.24) is 24.7 Å². The molecular formula is C24H24N6O2. The zero-order chi connectivity index (χ0) is 29.3. The molecule has 1 aliphatic rings. The van der Waals surface area contributed by atoms with Crippen LogP contribution in [0.15, 0.2) is 48.8 Å². The summed E-state index contributed by atoms with van der Waals surface area (Å²) in [5, 5.41) is 9.11. The first-order valence-corrected chi connectivity index (χ1v) is 9.80. The third-order valence-corrected chi connectivity index (χ3v) is 5.21. The van der Waals surface area contributed by atoms with E-state index in [0.717, 1.165) is 34.7 Å². The normalized spacial score (nSPS) is 24.1. The van der Waals surface area contributed by atoms with Gasteiger partial charge in [-0.2, -0.15) is 10.2 Å². The van der Waals surface area contributed by atoms with Crippen LogP contribution in [0.2, 0.25) is 0 Å². The number of fused-ring (bicyclic) bond motifs is 1. The summed E-state index contributed by atoms with van der Waals surface area (Å²) in [6.07, 6.45) is 2.72. The highest BCUT2D eigenvalue weighted by Crippen LogP contribution is 2.24. The summed E-state index contributed by atoms with van der Waals surface area (Å²) in [5.74, 6) is -0.0785. The molecule has 1 fully saturated rings. The summed E-state index contributed by atoms with van der Waals surface area (Å²) in [5.41, 5.74) is 2.83. The van der Waals surface area contributed by atoms with Gasteiger partial charge in [0.1, 0.15) is 11.6 Å². The van der Waals surface area contributed by atoms with Crippen molar-refractivity contribution in [3.05, 3.63) is 65.9 Å². The minimum absolute atomic E-state index is 0.0187. The predicted molar refractivity (Wildman–Crippen MR) is 122 cm³/mol. The van der Waals surface area contributed by atoms with E-state index in [9.17, 15) is 4.79 Å². The number of anilines is 1. The molecule has 4 heterocycles. The highest BCUT2D eigenvalue weighted by molar-refractivity contribution is 5.98. The second-order valence-electron chi connectivity index (χ2n) is 7.23. The quantitative estimate of drug-likeness (QED) is 0.445. The molecule has 0 spiro atoms. The van der Waals surface area contributed by atoms with Gasteiger partial charge in [0.05, 0.1) is 53.6 Å². The Morgan fingerprint density at radius 3 is 2.75 bits per heavy atom. The van der Waals surface area contributed by atoms with Gasteiger partial charge in [-0.25, -0.2) is 9.97 Å². The van der Waals surface area contributed by atoms with Crippen molar-refractivity contribution < 1.29 is 20.5 Å². The number of benzene rings is 1. The van der Waals surface area contributed by atoms with Crippen molar-refractivity contribution in [2.24, 2.45) is 7.05 Å². The van der Waals surface area contributed by atoms with Crippen molar-refractivity contribution in [3.63, 3.8) is 0 Å². The molecule has 1 saturated heterocycles. The van der Waals surface area contributed by atoms with Crippen LogP contribution in [0.1, 0.15) is 32.8 Å². The molecule has 0 saturated carbocycles. The predicted octanol–water partition coefficient (Wildman–Crippen LogP) is 3.00. The summed E-state index contributed by atoms with van der Waals surface area (Å²) in [6, 6.07) is 9.82. The van der Waals surface area contributed by atoms with E-state index in [2.05, 4.69) is 24.9 Å². The lowest BCUT2D eigenvalue weighted by molar-refractivity contribution is 0.0991. The van der Waals surface area contributed by atoms with Gasteiger partial charge in [0.2, 0.25) is 0 Å². The number of rotatable bonds is 5. The van der Waals surface area contributed by atoms with E-state index in [1.165, 1.54) is 6.07 Å². The Hall–Kier alpha value is -3.65. The van der Waals surface area contributed by atoms with Crippen LogP contribution in [0.4, 0.5) is 5.82 Å². The van der Waals surface area contributed by atoms with Gasteiger partial charge in [0.15, 0.2) is 5.78 Å². The van der Waals surface area contributed by atoms with Gasteiger partial charge in [-0.05, 0) is 37.3 Å². The second-order valence-corrected chi connectivity index (χ2v) is 7.23. The molecule has 1 aliphatic heterocycles. The SMILES string of the molecule is [2H]C1([2H])OC([2H])([2H])C([2H])([2H])N(c2cc(C(=O)Cc3cc4cc(-c5cnc(C)n5C)ccc4nn3)ccn2)C1([2H])[2H]. The van der Waals surface area contributed by atoms with Crippen LogP contribution in [0.3, 0.4) is 0 Å². The Kier molecular flexibility index (Phi) is 3.45. The van der Waals surface area contributed by atoms with Crippen LogP contribution in [-0.2, 0) is 18.2 Å². The van der Waals surface area contributed by atoms with Gasteiger partial charge in [0.25, 0.3) is 0 Å². The number of carbonyl (C=O) groups is 1. The standard InChI is InChI=1S/C24H24N6O2/c1-16-26-15-22(29(16)2)17-3-4-21-19(11-17)12-20(27-28-21)14-23(31)18-5-6-25-24(13-18)30-7-9-32-10-8-30/h3-6,11-13,15H,7-10,14H2,1-2H3/i7D2,8D2,9D2,10D2. The van der Waals surface area contributed by atoms with E-state index in [1.54, 1.807) is 12.3 Å². The molecule has 0 N–H and O–H groups in total. The van der Waals surface area contributed by atoms with Gasteiger partial charge in [-0.3, -0.25) is 4.79 Å². The average Bonchev–Trinajstić information content (AvgIpc) is 3.20. The lowest BCUT2D eigenvalue weighted by Crippen LogP contribution is -2.36. The Labute approximate surface area is 197 Å². The largest absolute Gasteiger partial charge is 0.378 e. The summed E-state index contributed by atoms with van der Waals surface area (Å²) in [7, 11) is 1.91. The van der Waals surface area contributed by atoms with Gasteiger partial charge in [0, 0.05) is 42.8 Å². The first kappa shape index (κ1) is 13.0. The number of aromatic nitrogens is 5. The van der Waals surface area contributed by atoms with E-state index < -0.39 is 37.7 Å². The summed E-state index contributed by atoms with van der Waals surface area (Å²) >= 11 is 0. The minimum atomic E-state index is -3.24. The molecule has 1 aromatic carbocycles. The number of carbonyl (C=O) groups excluding carboxylic acids is 1. The highest BCUT2D eigenvalue weighted by Gasteiger charge is 2.16. The number of hydrogen-bond donors (Lipinski definition) is 0. The van der Waals surface area contributed by atoms with Crippen LogP contribution in [0.25, 0.3) is 22.2 Å². The number of ketones is 1. The lowest BCUT2D eigenvalue weighted by atomic mass is 10.0. The van der Waals surface area contributed by atoms with Crippen molar-refractivity contribution in [2.75, 3.05) is 31.0 Å². The van der Waals surface area contributed by atoms with Gasteiger partial charge in [-0.1, -0.05) is 6.07 Å². The van der Waals surface area contributed by atoms with Gasteiger partial charge in [-0.15, -0.1) is 0 Å². The Bertz CT molecular complexity index is 1610. The monoisotopic (exact) mass is 436 g/mol.